The van der Waals surface area contributed by atoms with Gasteiger partial charge in [-0.1, -0.05) is 42.8 Å². The molecule has 1 fully saturated rings. The van der Waals surface area contributed by atoms with Gasteiger partial charge in [0.25, 0.3) is 0 Å². The van der Waals surface area contributed by atoms with Crippen molar-refractivity contribution in [2.24, 2.45) is 5.92 Å². The quantitative estimate of drug-likeness (QED) is 0.817. The number of ether oxygens (including phenoxy) is 2. The summed E-state index contributed by atoms with van der Waals surface area (Å²) in [5.74, 6) is 1.17. The minimum Gasteiger partial charge on any atom is -0.454 e. The van der Waals surface area contributed by atoms with E-state index in [1.54, 1.807) is 0 Å². The van der Waals surface area contributed by atoms with Crippen LogP contribution in [0, 0.1) is 5.92 Å². The average molecular weight is 394 g/mol. The summed E-state index contributed by atoms with van der Waals surface area (Å²) >= 11 is 0. The highest BCUT2D eigenvalue weighted by Gasteiger charge is 2.28. The molecule has 6 heteroatoms. The lowest BCUT2D eigenvalue weighted by Gasteiger charge is -2.24. The Labute approximate surface area is 170 Å². The third-order valence-electron chi connectivity index (χ3n) is 5.47. The lowest BCUT2D eigenvalue weighted by Crippen LogP contribution is -2.37. The predicted molar refractivity (Wildman–Crippen MR) is 108 cm³/mol. The maximum Gasteiger partial charge on any atom is 0.231 e. The lowest BCUT2D eigenvalue weighted by atomic mass is 9.98. The molecule has 0 radical (unpaired) electrons. The van der Waals surface area contributed by atoms with Gasteiger partial charge in [-0.15, -0.1) is 0 Å². The SMILES string of the molecule is O=C(CC1CCCCN(Cc2ccccc2)C1=O)NCc1ccc2c(c1)OCO2. The number of rotatable bonds is 6. The Bertz CT molecular complexity index is 868. The first-order valence-electron chi connectivity index (χ1n) is 10.2. The molecule has 2 aliphatic rings. The molecule has 152 valence electrons. The summed E-state index contributed by atoms with van der Waals surface area (Å²) in [7, 11) is 0. The van der Waals surface area contributed by atoms with Crippen molar-refractivity contribution in [2.75, 3.05) is 13.3 Å². The van der Waals surface area contributed by atoms with Crippen LogP contribution in [-0.2, 0) is 22.7 Å². The molecule has 29 heavy (non-hydrogen) atoms. The first kappa shape index (κ1) is 19.3. The molecule has 1 atom stereocenters. The molecule has 2 aliphatic heterocycles. The van der Waals surface area contributed by atoms with Gasteiger partial charge in [0.05, 0.1) is 0 Å². The van der Waals surface area contributed by atoms with E-state index >= 15 is 0 Å². The Morgan fingerprint density at radius 3 is 2.72 bits per heavy atom. The van der Waals surface area contributed by atoms with E-state index < -0.39 is 0 Å². The van der Waals surface area contributed by atoms with Gasteiger partial charge in [0, 0.05) is 32.0 Å². The van der Waals surface area contributed by atoms with Gasteiger partial charge in [-0.05, 0) is 36.1 Å². The molecule has 0 spiro atoms. The van der Waals surface area contributed by atoms with E-state index in [0.29, 0.717) is 18.8 Å². The molecule has 0 aliphatic carbocycles. The van der Waals surface area contributed by atoms with Crippen LogP contribution in [0.25, 0.3) is 0 Å². The smallest absolute Gasteiger partial charge is 0.231 e. The monoisotopic (exact) mass is 394 g/mol. The number of fused-ring (bicyclic) bond motifs is 1. The standard InChI is InChI=1S/C23H26N2O4/c26-22(24-14-18-9-10-20-21(12-18)29-16-28-20)13-19-8-4-5-11-25(23(19)27)15-17-6-2-1-3-7-17/h1-3,6-7,9-10,12,19H,4-5,8,11,13-16H2,(H,24,26). The predicted octanol–water partition coefficient (Wildman–Crippen LogP) is 3.25. The van der Waals surface area contributed by atoms with Crippen molar-refractivity contribution in [2.45, 2.75) is 38.8 Å². The fourth-order valence-electron chi connectivity index (χ4n) is 3.88. The third kappa shape index (κ3) is 4.88. The fraction of sp³-hybridized carbons (Fsp3) is 0.391. The highest BCUT2D eigenvalue weighted by atomic mass is 16.7. The molecular weight excluding hydrogens is 368 g/mol. The molecule has 1 N–H and O–H groups in total. The second-order valence-electron chi connectivity index (χ2n) is 7.61. The van der Waals surface area contributed by atoms with Crippen molar-refractivity contribution in [1.29, 1.82) is 0 Å². The maximum atomic E-state index is 13.0. The summed E-state index contributed by atoms with van der Waals surface area (Å²) in [6.45, 7) is 2.00. The summed E-state index contributed by atoms with van der Waals surface area (Å²) < 4.78 is 10.7. The zero-order chi connectivity index (χ0) is 20.1. The third-order valence-corrected chi connectivity index (χ3v) is 5.47. The van der Waals surface area contributed by atoms with E-state index in [9.17, 15) is 9.59 Å². The molecular formula is C23H26N2O4. The fourth-order valence-corrected chi connectivity index (χ4v) is 3.88. The topological polar surface area (TPSA) is 67.9 Å². The van der Waals surface area contributed by atoms with Crippen molar-refractivity contribution in [3.63, 3.8) is 0 Å². The van der Waals surface area contributed by atoms with Crippen LogP contribution < -0.4 is 14.8 Å². The number of carbonyl (C=O) groups excluding carboxylic acids is 2. The first-order chi connectivity index (χ1) is 14.2. The number of nitrogens with one attached hydrogen (secondary N) is 1. The highest BCUT2D eigenvalue weighted by molar-refractivity contribution is 5.86. The minimum absolute atomic E-state index is 0.0876. The molecule has 6 nitrogen and oxygen atoms in total. The van der Waals surface area contributed by atoms with Crippen molar-refractivity contribution >= 4 is 11.8 Å². The Morgan fingerprint density at radius 1 is 1.03 bits per heavy atom. The van der Waals surface area contributed by atoms with Crippen molar-refractivity contribution in [3.8, 4) is 11.5 Å². The van der Waals surface area contributed by atoms with Gasteiger partial charge < -0.3 is 19.7 Å². The molecule has 0 bridgehead atoms. The van der Waals surface area contributed by atoms with E-state index in [1.807, 2.05) is 53.4 Å². The molecule has 2 amide bonds. The Morgan fingerprint density at radius 2 is 1.86 bits per heavy atom. The van der Waals surface area contributed by atoms with Crippen molar-refractivity contribution in [3.05, 3.63) is 59.7 Å². The van der Waals surface area contributed by atoms with Gasteiger partial charge in [-0.3, -0.25) is 9.59 Å². The molecule has 4 rings (SSSR count). The van der Waals surface area contributed by atoms with E-state index in [-0.39, 0.29) is 30.9 Å². The largest absolute Gasteiger partial charge is 0.454 e. The molecule has 2 aromatic carbocycles. The summed E-state index contributed by atoms with van der Waals surface area (Å²) in [6, 6.07) is 15.6. The number of nitrogens with zero attached hydrogens (tertiary/aromatic N) is 1. The number of hydrogen-bond acceptors (Lipinski definition) is 4. The zero-order valence-corrected chi connectivity index (χ0v) is 16.4. The van der Waals surface area contributed by atoms with Crippen LogP contribution in [0.1, 0.15) is 36.8 Å². The van der Waals surface area contributed by atoms with Crippen LogP contribution in [0.5, 0.6) is 11.5 Å². The molecule has 1 saturated heterocycles. The summed E-state index contributed by atoms with van der Waals surface area (Å²) in [4.78, 5) is 27.4. The van der Waals surface area contributed by atoms with E-state index in [0.717, 1.165) is 42.7 Å². The van der Waals surface area contributed by atoms with Gasteiger partial charge in [0.1, 0.15) is 0 Å². The van der Waals surface area contributed by atoms with Crippen molar-refractivity contribution in [1.82, 2.24) is 10.2 Å². The lowest BCUT2D eigenvalue weighted by molar-refractivity contribution is -0.138. The van der Waals surface area contributed by atoms with Gasteiger partial charge in [-0.25, -0.2) is 0 Å². The Hall–Kier alpha value is -3.02. The number of amides is 2. The minimum atomic E-state index is -0.252. The van der Waals surface area contributed by atoms with E-state index in [2.05, 4.69) is 5.32 Å². The maximum absolute atomic E-state index is 13.0. The van der Waals surface area contributed by atoms with Crippen LogP contribution in [0.3, 0.4) is 0 Å². The van der Waals surface area contributed by atoms with Gasteiger partial charge in [0.15, 0.2) is 11.5 Å². The second-order valence-corrected chi connectivity index (χ2v) is 7.61. The number of carbonyl (C=O) groups is 2. The van der Waals surface area contributed by atoms with Crippen molar-refractivity contribution < 1.29 is 19.1 Å². The highest BCUT2D eigenvalue weighted by Crippen LogP contribution is 2.32. The number of likely N-dealkylation sites (tertiary alicyclic amines) is 1. The molecule has 1 unspecified atom stereocenters. The first-order valence-corrected chi connectivity index (χ1v) is 10.2. The summed E-state index contributed by atoms with van der Waals surface area (Å²) in [6.07, 6.45) is 2.95. The number of benzene rings is 2. The average Bonchev–Trinajstić information content (AvgIpc) is 3.15. The van der Waals surface area contributed by atoms with Gasteiger partial charge in [-0.2, -0.15) is 0 Å². The Balaban J connectivity index is 1.32. The summed E-state index contributed by atoms with van der Waals surface area (Å²) in [5, 5.41) is 2.94. The van der Waals surface area contributed by atoms with Crippen LogP contribution in [0.4, 0.5) is 0 Å². The molecule has 0 saturated carbocycles. The normalized spacial score (nSPS) is 18.4. The van der Waals surface area contributed by atoms with Crippen LogP contribution in [-0.4, -0.2) is 30.1 Å². The van der Waals surface area contributed by atoms with Gasteiger partial charge in [0.2, 0.25) is 18.6 Å². The molecule has 0 aromatic heterocycles. The zero-order valence-electron chi connectivity index (χ0n) is 16.4. The van der Waals surface area contributed by atoms with Crippen LogP contribution in [0.15, 0.2) is 48.5 Å². The molecule has 2 heterocycles. The Kier molecular flexibility index (Phi) is 5.98. The van der Waals surface area contributed by atoms with Crippen LogP contribution >= 0.6 is 0 Å². The van der Waals surface area contributed by atoms with Gasteiger partial charge >= 0.3 is 0 Å². The van der Waals surface area contributed by atoms with E-state index in [4.69, 9.17) is 9.47 Å². The van der Waals surface area contributed by atoms with E-state index in [1.165, 1.54) is 0 Å². The van der Waals surface area contributed by atoms with Crippen LogP contribution in [0.2, 0.25) is 0 Å². The molecule has 2 aromatic rings. The second kappa shape index (κ2) is 8.99. The summed E-state index contributed by atoms with van der Waals surface area (Å²) in [5.41, 5.74) is 2.06. The number of hydrogen-bond donors (Lipinski definition) is 1.